The standard InChI is InChI=1S/C14H18N2O4/c1-8-14(18)16(9(2)13(17)15-8)11-7-10(19-3)5-6-12(11)20-4/h5-9H,1-4H3,(H,15,17). The number of anilines is 1. The first-order valence-electron chi connectivity index (χ1n) is 6.35. The summed E-state index contributed by atoms with van der Waals surface area (Å²) in [5.41, 5.74) is 0.533. The van der Waals surface area contributed by atoms with E-state index in [1.165, 1.54) is 12.0 Å². The molecule has 1 aromatic carbocycles. The summed E-state index contributed by atoms with van der Waals surface area (Å²) in [5.74, 6) is 0.748. The molecule has 108 valence electrons. The van der Waals surface area contributed by atoms with Crippen LogP contribution in [-0.2, 0) is 9.59 Å². The van der Waals surface area contributed by atoms with Crippen molar-refractivity contribution in [2.45, 2.75) is 25.9 Å². The lowest BCUT2D eigenvalue weighted by Gasteiger charge is -2.36. The fourth-order valence-electron chi connectivity index (χ4n) is 2.22. The first-order chi connectivity index (χ1) is 9.49. The Kier molecular flexibility index (Phi) is 3.83. The summed E-state index contributed by atoms with van der Waals surface area (Å²) >= 11 is 0. The number of piperazine rings is 1. The Labute approximate surface area is 117 Å². The van der Waals surface area contributed by atoms with Gasteiger partial charge in [0, 0.05) is 6.07 Å². The van der Waals surface area contributed by atoms with Gasteiger partial charge in [0.05, 0.1) is 19.9 Å². The van der Waals surface area contributed by atoms with Crippen molar-refractivity contribution in [2.75, 3.05) is 19.1 Å². The van der Waals surface area contributed by atoms with Crippen LogP contribution in [0.3, 0.4) is 0 Å². The molecule has 1 aliphatic rings. The second-order valence-corrected chi connectivity index (χ2v) is 4.65. The predicted molar refractivity (Wildman–Crippen MR) is 74.1 cm³/mol. The predicted octanol–water partition coefficient (Wildman–Crippen LogP) is 0.944. The quantitative estimate of drug-likeness (QED) is 0.893. The summed E-state index contributed by atoms with van der Waals surface area (Å²) in [6.45, 7) is 3.34. The fourth-order valence-corrected chi connectivity index (χ4v) is 2.22. The van der Waals surface area contributed by atoms with Gasteiger partial charge in [-0.2, -0.15) is 0 Å². The summed E-state index contributed by atoms with van der Waals surface area (Å²) in [6.07, 6.45) is 0. The van der Waals surface area contributed by atoms with Crippen molar-refractivity contribution in [2.24, 2.45) is 0 Å². The van der Waals surface area contributed by atoms with E-state index >= 15 is 0 Å². The second-order valence-electron chi connectivity index (χ2n) is 4.65. The number of ether oxygens (including phenoxy) is 2. The van der Waals surface area contributed by atoms with Crippen LogP contribution < -0.4 is 19.7 Å². The molecule has 6 heteroatoms. The van der Waals surface area contributed by atoms with E-state index < -0.39 is 12.1 Å². The van der Waals surface area contributed by atoms with Gasteiger partial charge in [-0.25, -0.2) is 0 Å². The van der Waals surface area contributed by atoms with Crippen LogP contribution in [0.25, 0.3) is 0 Å². The Bertz CT molecular complexity index is 544. The molecule has 0 aromatic heterocycles. The van der Waals surface area contributed by atoms with Crippen LogP contribution in [0.4, 0.5) is 5.69 Å². The zero-order chi connectivity index (χ0) is 14.9. The van der Waals surface area contributed by atoms with Crippen LogP contribution in [0.5, 0.6) is 11.5 Å². The molecule has 1 N–H and O–H groups in total. The van der Waals surface area contributed by atoms with Crippen molar-refractivity contribution in [3.8, 4) is 11.5 Å². The third-order valence-corrected chi connectivity index (χ3v) is 3.38. The first kappa shape index (κ1) is 14.2. The number of nitrogens with zero attached hydrogens (tertiary/aromatic N) is 1. The van der Waals surface area contributed by atoms with Gasteiger partial charge in [-0.1, -0.05) is 0 Å². The van der Waals surface area contributed by atoms with Gasteiger partial charge in [-0.3, -0.25) is 14.5 Å². The van der Waals surface area contributed by atoms with Gasteiger partial charge in [0.2, 0.25) is 11.8 Å². The van der Waals surface area contributed by atoms with E-state index in [2.05, 4.69) is 5.32 Å². The van der Waals surface area contributed by atoms with Crippen LogP contribution in [0, 0.1) is 0 Å². The van der Waals surface area contributed by atoms with E-state index in [1.54, 1.807) is 39.2 Å². The van der Waals surface area contributed by atoms with Crippen LogP contribution in [0.1, 0.15) is 13.8 Å². The average molecular weight is 278 g/mol. The molecule has 1 aliphatic heterocycles. The summed E-state index contributed by atoms with van der Waals surface area (Å²) < 4.78 is 10.5. The largest absolute Gasteiger partial charge is 0.497 e. The van der Waals surface area contributed by atoms with Gasteiger partial charge >= 0.3 is 0 Å². The molecule has 0 bridgehead atoms. The van der Waals surface area contributed by atoms with Crippen molar-refractivity contribution in [1.29, 1.82) is 0 Å². The molecule has 20 heavy (non-hydrogen) atoms. The molecule has 0 saturated carbocycles. The monoisotopic (exact) mass is 278 g/mol. The summed E-state index contributed by atoms with van der Waals surface area (Å²) in [7, 11) is 3.07. The highest BCUT2D eigenvalue weighted by molar-refractivity contribution is 6.08. The minimum absolute atomic E-state index is 0.177. The number of hydrogen-bond donors (Lipinski definition) is 1. The van der Waals surface area contributed by atoms with Gasteiger partial charge in [0.25, 0.3) is 0 Å². The first-order valence-corrected chi connectivity index (χ1v) is 6.35. The van der Waals surface area contributed by atoms with Crippen LogP contribution in [0.2, 0.25) is 0 Å². The Hall–Kier alpha value is -2.24. The molecule has 2 rings (SSSR count). The maximum atomic E-state index is 12.4. The Morgan fingerprint density at radius 3 is 2.45 bits per heavy atom. The van der Waals surface area contributed by atoms with E-state index in [9.17, 15) is 9.59 Å². The molecule has 1 fully saturated rings. The minimum Gasteiger partial charge on any atom is -0.497 e. The van der Waals surface area contributed by atoms with E-state index in [0.29, 0.717) is 17.2 Å². The van der Waals surface area contributed by atoms with E-state index in [4.69, 9.17) is 9.47 Å². The average Bonchev–Trinajstić information content (AvgIpc) is 2.45. The smallest absolute Gasteiger partial charge is 0.250 e. The van der Waals surface area contributed by atoms with Crippen molar-refractivity contribution < 1.29 is 19.1 Å². The molecule has 2 unspecified atom stereocenters. The Morgan fingerprint density at radius 2 is 1.85 bits per heavy atom. The number of benzene rings is 1. The van der Waals surface area contributed by atoms with E-state index in [0.717, 1.165) is 0 Å². The zero-order valence-electron chi connectivity index (χ0n) is 12.0. The third-order valence-electron chi connectivity index (χ3n) is 3.38. The zero-order valence-corrected chi connectivity index (χ0v) is 12.0. The summed E-state index contributed by atoms with van der Waals surface area (Å²) in [4.78, 5) is 25.7. The number of nitrogens with one attached hydrogen (secondary N) is 1. The van der Waals surface area contributed by atoms with Crippen molar-refractivity contribution in [3.63, 3.8) is 0 Å². The second kappa shape index (κ2) is 5.40. The van der Waals surface area contributed by atoms with E-state index in [1.807, 2.05) is 0 Å². The Balaban J connectivity index is 2.51. The normalized spacial score (nSPS) is 22.5. The maximum absolute atomic E-state index is 12.4. The lowest BCUT2D eigenvalue weighted by atomic mass is 10.1. The topological polar surface area (TPSA) is 67.9 Å². The molecule has 6 nitrogen and oxygen atoms in total. The molecule has 1 saturated heterocycles. The molecule has 1 heterocycles. The molecule has 0 spiro atoms. The molecule has 2 atom stereocenters. The molecular weight excluding hydrogens is 260 g/mol. The van der Waals surface area contributed by atoms with Gasteiger partial charge in [0.1, 0.15) is 23.6 Å². The fraction of sp³-hybridized carbons (Fsp3) is 0.429. The van der Waals surface area contributed by atoms with Crippen molar-refractivity contribution >= 4 is 17.5 Å². The molecular formula is C14H18N2O4. The number of methoxy groups -OCH3 is 2. The minimum atomic E-state index is -0.597. The summed E-state index contributed by atoms with van der Waals surface area (Å²) in [6, 6.07) is 3.99. The number of carbonyl (C=O) groups is 2. The van der Waals surface area contributed by atoms with Crippen LogP contribution in [0.15, 0.2) is 18.2 Å². The highest BCUT2D eigenvalue weighted by Gasteiger charge is 2.38. The number of rotatable bonds is 3. The molecule has 2 amide bonds. The number of carbonyl (C=O) groups excluding carboxylic acids is 2. The van der Waals surface area contributed by atoms with Crippen molar-refractivity contribution in [1.82, 2.24) is 5.32 Å². The van der Waals surface area contributed by atoms with Gasteiger partial charge in [0.15, 0.2) is 0 Å². The summed E-state index contributed by atoms with van der Waals surface area (Å²) in [5, 5.41) is 2.64. The van der Waals surface area contributed by atoms with Crippen molar-refractivity contribution in [3.05, 3.63) is 18.2 Å². The highest BCUT2D eigenvalue weighted by atomic mass is 16.5. The Morgan fingerprint density at radius 1 is 1.15 bits per heavy atom. The van der Waals surface area contributed by atoms with E-state index in [-0.39, 0.29) is 11.8 Å². The molecule has 1 aromatic rings. The van der Waals surface area contributed by atoms with Gasteiger partial charge in [-0.05, 0) is 26.0 Å². The van der Waals surface area contributed by atoms with Gasteiger partial charge < -0.3 is 14.8 Å². The lowest BCUT2D eigenvalue weighted by Crippen LogP contribution is -2.61. The lowest BCUT2D eigenvalue weighted by molar-refractivity contribution is -0.133. The highest BCUT2D eigenvalue weighted by Crippen LogP contribution is 2.34. The van der Waals surface area contributed by atoms with Crippen LogP contribution in [-0.4, -0.2) is 38.1 Å². The number of amides is 2. The SMILES string of the molecule is COc1ccc(OC)c(N2C(=O)C(C)NC(=O)C2C)c1. The molecule has 0 radical (unpaired) electrons. The third kappa shape index (κ3) is 2.29. The van der Waals surface area contributed by atoms with Gasteiger partial charge in [-0.15, -0.1) is 0 Å². The van der Waals surface area contributed by atoms with Crippen LogP contribution >= 0.6 is 0 Å². The maximum Gasteiger partial charge on any atom is 0.250 e. The molecule has 0 aliphatic carbocycles. The number of hydrogen-bond acceptors (Lipinski definition) is 4.